The first-order valence-corrected chi connectivity index (χ1v) is 6.65. The molecule has 0 radical (unpaired) electrons. The number of nitrogens with two attached hydrogens (primary N) is 1. The van der Waals surface area contributed by atoms with Crippen LogP contribution in [0.5, 0.6) is 0 Å². The van der Waals surface area contributed by atoms with Gasteiger partial charge in [-0.25, -0.2) is 0 Å². The van der Waals surface area contributed by atoms with Gasteiger partial charge in [-0.15, -0.1) is 0 Å². The van der Waals surface area contributed by atoms with Crippen LogP contribution in [0.1, 0.15) is 33.1 Å². The number of rotatable bonds is 5. The first kappa shape index (κ1) is 15.4. The summed E-state index contributed by atoms with van der Waals surface area (Å²) in [5.74, 6) is 0.298. The zero-order chi connectivity index (χ0) is 13.8. The second-order valence-corrected chi connectivity index (χ2v) is 5.77. The van der Waals surface area contributed by atoms with Crippen molar-refractivity contribution < 1.29 is 14.6 Å². The highest BCUT2D eigenvalue weighted by Crippen LogP contribution is 2.21. The molecule has 0 spiro atoms. The van der Waals surface area contributed by atoms with Crippen LogP contribution in [0.4, 0.5) is 0 Å². The molecule has 0 aromatic rings. The third-order valence-corrected chi connectivity index (χ3v) is 3.37. The Bertz CT molecular complexity index is 275. The number of carbonyl (C=O) groups is 1. The zero-order valence-corrected chi connectivity index (χ0v) is 11.7. The molecule has 0 unspecified atom stereocenters. The van der Waals surface area contributed by atoms with E-state index in [1.165, 1.54) is 0 Å². The molecule has 5 heteroatoms. The number of likely N-dealkylation sites (N-methyl/N-ethyl adjacent to an activating group) is 1. The average molecular weight is 258 g/mol. The van der Waals surface area contributed by atoms with Gasteiger partial charge in [-0.2, -0.15) is 0 Å². The Labute approximate surface area is 109 Å². The Kier molecular flexibility index (Phi) is 5.56. The molecular formula is C13H26N2O3. The maximum absolute atomic E-state index is 12.1. The molecule has 5 nitrogen and oxygen atoms in total. The summed E-state index contributed by atoms with van der Waals surface area (Å²) in [6, 6.07) is -0.474. The lowest BCUT2D eigenvalue weighted by atomic mass is 9.93. The largest absolute Gasteiger partial charge is 0.388 e. The van der Waals surface area contributed by atoms with E-state index in [1.807, 2.05) is 13.8 Å². The summed E-state index contributed by atoms with van der Waals surface area (Å²) in [6.07, 6.45) is 1.82. The third kappa shape index (κ3) is 4.55. The monoisotopic (exact) mass is 258 g/mol. The Balaban J connectivity index is 2.48. The van der Waals surface area contributed by atoms with Gasteiger partial charge in [-0.05, 0) is 12.3 Å². The highest BCUT2D eigenvalue weighted by Gasteiger charge is 2.33. The molecule has 18 heavy (non-hydrogen) atoms. The van der Waals surface area contributed by atoms with Crippen molar-refractivity contribution in [1.82, 2.24) is 4.90 Å². The topological polar surface area (TPSA) is 75.8 Å². The van der Waals surface area contributed by atoms with E-state index >= 15 is 0 Å². The van der Waals surface area contributed by atoms with Gasteiger partial charge in [0, 0.05) is 39.6 Å². The fourth-order valence-corrected chi connectivity index (χ4v) is 2.32. The summed E-state index contributed by atoms with van der Waals surface area (Å²) in [4.78, 5) is 13.6. The van der Waals surface area contributed by atoms with Crippen LogP contribution in [0.2, 0.25) is 0 Å². The lowest BCUT2D eigenvalue weighted by Crippen LogP contribution is -2.51. The van der Waals surface area contributed by atoms with Crippen molar-refractivity contribution in [2.24, 2.45) is 11.7 Å². The Morgan fingerprint density at radius 1 is 1.44 bits per heavy atom. The van der Waals surface area contributed by atoms with Crippen molar-refractivity contribution in [3.63, 3.8) is 0 Å². The van der Waals surface area contributed by atoms with Gasteiger partial charge in [0.25, 0.3) is 0 Å². The van der Waals surface area contributed by atoms with E-state index in [0.29, 0.717) is 44.9 Å². The molecule has 1 rings (SSSR count). The van der Waals surface area contributed by atoms with Gasteiger partial charge in [-0.1, -0.05) is 13.8 Å². The van der Waals surface area contributed by atoms with Crippen LogP contribution in [-0.4, -0.2) is 54.4 Å². The van der Waals surface area contributed by atoms with Crippen molar-refractivity contribution in [3.8, 4) is 0 Å². The van der Waals surface area contributed by atoms with Crippen molar-refractivity contribution in [2.45, 2.75) is 44.8 Å². The first-order valence-electron chi connectivity index (χ1n) is 6.65. The third-order valence-electron chi connectivity index (χ3n) is 3.37. The summed E-state index contributed by atoms with van der Waals surface area (Å²) in [5, 5.41) is 10.3. The van der Waals surface area contributed by atoms with E-state index in [4.69, 9.17) is 10.5 Å². The van der Waals surface area contributed by atoms with Crippen LogP contribution in [0.3, 0.4) is 0 Å². The normalized spacial score (nSPS) is 20.8. The van der Waals surface area contributed by atoms with Crippen LogP contribution in [0, 0.1) is 5.92 Å². The second kappa shape index (κ2) is 6.50. The minimum Gasteiger partial charge on any atom is -0.388 e. The van der Waals surface area contributed by atoms with Crippen molar-refractivity contribution >= 4 is 5.91 Å². The molecule has 0 aliphatic carbocycles. The summed E-state index contributed by atoms with van der Waals surface area (Å²) in [6.45, 7) is 5.52. The molecule has 106 valence electrons. The van der Waals surface area contributed by atoms with Crippen LogP contribution in [0.15, 0.2) is 0 Å². The predicted molar refractivity (Wildman–Crippen MR) is 70.1 cm³/mol. The molecule has 1 aliphatic heterocycles. The van der Waals surface area contributed by atoms with Crippen molar-refractivity contribution in [3.05, 3.63) is 0 Å². The molecule has 0 aromatic carbocycles. The first-order chi connectivity index (χ1) is 8.34. The number of ether oxygens (including phenoxy) is 1. The maximum atomic E-state index is 12.1. The van der Waals surface area contributed by atoms with Crippen LogP contribution >= 0.6 is 0 Å². The van der Waals surface area contributed by atoms with Crippen LogP contribution in [-0.2, 0) is 9.53 Å². The number of carbonyl (C=O) groups excluding carboxylic acids is 1. The number of aliphatic hydroxyl groups is 1. The fourth-order valence-electron chi connectivity index (χ4n) is 2.32. The number of amides is 1. The van der Waals surface area contributed by atoms with Gasteiger partial charge in [0.2, 0.25) is 5.91 Å². The number of hydrogen-bond donors (Lipinski definition) is 2. The minimum atomic E-state index is -0.819. The van der Waals surface area contributed by atoms with Gasteiger partial charge in [0.1, 0.15) is 0 Å². The minimum absolute atomic E-state index is 0.0939. The molecular weight excluding hydrogens is 232 g/mol. The van der Waals surface area contributed by atoms with E-state index in [0.717, 1.165) is 0 Å². The molecule has 1 aliphatic rings. The Morgan fingerprint density at radius 3 is 2.50 bits per heavy atom. The molecule has 1 saturated heterocycles. The van der Waals surface area contributed by atoms with Crippen molar-refractivity contribution in [2.75, 3.05) is 26.8 Å². The average Bonchev–Trinajstić information content (AvgIpc) is 2.27. The second-order valence-electron chi connectivity index (χ2n) is 5.77. The van der Waals surface area contributed by atoms with Gasteiger partial charge in [0.05, 0.1) is 11.6 Å². The maximum Gasteiger partial charge on any atom is 0.239 e. The highest BCUT2D eigenvalue weighted by molar-refractivity contribution is 5.81. The SMILES string of the molecule is CC(C)C[C@H](N)C(=O)N(C)CC1(O)CCOCC1. The molecule has 1 heterocycles. The number of nitrogens with zero attached hydrogens (tertiary/aromatic N) is 1. The molecule has 3 N–H and O–H groups in total. The fraction of sp³-hybridized carbons (Fsp3) is 0.923. The molecule has 1 amide bonds. The molecule has 1 fully saturated rings. The van der Waals surface area contributed by atoms with Crippen LogP contribution in [0.25, 0.3) is 0 Å². The number of hydrogen-bond acceptors (Lipinski definition) is 4. The van der Waals surface area contributed by atoms with Gasteiger partial charge >= 0.3 is 0 Å². The lowest BCUT2D eigenvalue weighted by molar-refractivity contribution is -0.138. The Hall–Kier alpha value is -0.650. The van der Waals surface area contributed by atoms with Gasteiger partial charge in [-0.3, -0.25) is 4.79 Å². The zero-order valence-electron chi connectivity index (χ0n) is 11.7. The molecule has 0 bridgehead atoms. The van der Waals surface area contributed by atoms with Gasteiger partial charge in [0.15, 0.2) is 0 Å². The van der Waals surface area contributed by atoms with E-state index in [-0.39, 0.29) is 5.91 Å². The lowest BCUT2D eigenvalue weighted by Gasteiger charge is -2.36. The van der Waals surface area contributed by atoms with Crippen LogP contribution < -0.4 is 5.73 Å². The summed E-state index contributed by atoms with van der Waals surface area (Å²) < 4.78 is 5.22. The summed E-state index contributed by atoms with van der Waals surface area (Å²) in [7, 11) is 1.70. The quantitative estimate of drug-likeness (QED) is 0.746. The van der Waals surface area contributed by atoms with E-state index in [1.54, 1.807) is 11.9 Å². The summed E-state index contributed by atoms with van der Waals surface area (Å²) in [5.41, 5.74) is 5.05. The smallest absolute Gasteiger partial charge is 0.239 e. The van der Waals surface area contributed by atoms with Gasteiger partial charge < -0.3 is 20.5 Å². The van der Waals surface area contributed by atoms with E-state index in [9.17, 15) is 9.90 Å². The van der Waals surface area contributed by atoms with E-state index < -0.39 is 11.6 Å². The summed E-state index contributed by atoms with van der Waals surface area (Å²) >= 11 is 0. The highest BCUT2D eigenvalue weighted by atomic mass is 16.5. The van der Waals surface area contributed by atoms with Crippen molar-refractivity contribution in [1.29, 1.82) is 0 Å². The molecule has 0 aromatic heterocycles. The Morgan fingerprint density at radius 2 is 2.00 bits per heavy atom. The molecule has 0 saturated carbocycles. The standard InChI is InChI=1S/C13H26N2O3/c1-10(2)8-11(14)12(16)15(3)9-13(17)4-6-18-7-5-13/h10-11,17H,4-9,14H2,1-3H3/t11-/m0/s1. The molecule has 1 atom stereocenters. The predicted octanol–water partition coefficient (Wildman–Crippen LogP) is 0.360. The van der Waals surface area contributed by atoms with E-state index in [2.05, 4.69) is 0 Å².